The van der Waals surface area contributed by atoms with Crippen LogP contribution in [0.1, 0.15) is 16.7 Å². The van der Waals surface area contributed by atoms with Gasteiger partial charge in [-0.05, 0) is 34.1 Å². The Morgan fingerprint density at radius 3 is 3.00 bits per heavy atom. The molecule has 0 bridgehead atoms. The molecule has 0 unspecified atom stereocenters. The Hall–Kier alpha value is -1.66. The van der Waals surface area contributed by atoms with E-state index in [0.29, 0.717) is 5.96 Å². The summed E-state index contributed by atoms with van der Waals surface area (Å²) in [6.07, 6.45) is 0.780. The third kappa shape index (κ3) is 1.79. The van der Waals surface area contributed by atoms with Gasteiger partial charge in [-0.3, -0.25) is 4.57 Å². The van der Waals surface area contributed by atoms with E-state index < -0.39 is 0 Å². The van der Waals surface area contributed by atoms with E-state index in [0.717, 1.165) is 27.8 Å². The van der Waals surface area contributed by atoms with Crippen LogP contribution in [0.15, 0.2) is 45.2 Å². The zero-order valence-corrected chi connectivity index (χ0v) is 12.9. The summed E-state index contributed by atoms with van der Waals surface area (Å²) in [6, 6.07) is 10.2. The van der Waals surface area contributed by atoms with E-state index >= 15 is 0 Å². The zero-order chi connectivity index (χ0) is 13.7. The van der Waals surface area contributed by atoms with Crippen LogP contribution in [-0.2, 0) is 6.42 Å². The van der Waals surface area contributed by atoms with E-state index in [-0.39, 0.29) is 6.04 Å². The summed E-state index contributed by atoms with van der Waals surface area (Å²) in [5, 5.41) is 2.07. The molecule has 3 heterocycles. The summed E-state index contributed by atoms with van der Waals surface area (Å²) < 4.78 is 3.04. The summed E-state index contributed by atoms with van der Waals surface area (Å²) in [7, 11) is 0. The fourth-order valence-electron chi connectivity index (χ4n) is 2.57. The number of imidazole rings is 1. The predicted octanol–water partition coefficient (Wildman–Crippen LogP) is 3.32. The number of benzene rings is 1. The number of aliphatic imine (C=N–C) groups is 1. The lowest BCUT2D eigenvalue weighted by Crippen LogP contribution is -2.29. The molecule has 1 atom stereocenters. The summed E-state index contributed by atoms with van der Waals surface area (Å²) in [5.74, 6) is 1.50. The van der Waals surface area contributed by atoms with Gasteiger partial charge >= 0.3 is 0 Å². The second-order valence-electron chi connectivity index (χ2n) is 4.73. The molecular weight excluding hydrogens is 336 g/mol. The van der Waals surface area contributed by atoms with E-state index in [9.17, 15) is 0 Å². The minimum atomic E-state index is 0.0654. The number of para-hydroxylation sites is 2. The highest BCUT2D eigenvalue weighted by atomic mass is 79.9. The van der Waals surface area contributed by atoms with Crippen molar-refractivity contribution in [1.29, 1.82) is 0 Å². The van der Waals surface area contributed by atoms with Gasteiger partial charge in [0.15, 0.2) is 0 Å². The highest BCUT2D eigenvalue weighted by molar-refractivity contribution is 9.10. The molecule has 2 N–H and O–H groups in total. The molecule has 0 fully saturated rings. The third-order valence-electron chi connectivity index (χ3n) is 3.44. The molecule has 1 aliphatic heterocycles. The summed E-state index contributed by atoms with van der Waals surface area (Å²) in [5.41, 5.74) is 8.15. The molecule has 3 aromatic rings. The Bertz CT molecular complexity index is 833. The third-order valence-corrected chi connectivity index (χ3v) is 5.23. The number of fused-ring (bicyclic) bond motifs is 3. The number of hydrogen-bond donors (Lipinski definition) is 1. The van der Waals surface area contributed by atoms with Crippen LogP contribution >= 0.6 is 27.3 Å². The Kier molecular flexibility index (Phi) is 2.68. The first kappa shape index (κ1) is 12.1. The minimum absolute atomic E-state index is 0.0654. The van der Waals surface area contributed by atoms with Crippen molar-refractivity contribution in [1.82, 2.24) is 9.55 Å². The number of thiophene rings is 1. The largest absolute Gasteiger partial charge is 0.369 e. The number of hydrogen-bond acceptors (Lipinski definition) is 4. The van der Waals surface area contributed by atoms with Crippen LogP contribution in [-0.4, -0.2) is 15.5 Å². The van der Waals surface area contributed by atoms with E-state index in [1.165, 1.54) is 4.88 Å². The first-order chi connectivity index (χ1) is 9.72. The molecule has 0 amide bonds. The van der Waals surface area contributed by atoms with Crippen molar-refractivity contribution in [2.24, 2.45) is 10.7 Å². The fraction of sp³-hybridized carbons (Fsp3) is 0.143. The molecule has 0 radical (unpaired) electrons. The van der Waals surface area contributed by atoms with E-state index in [4.69, 9.17) is 5.73 Å². The first-order valence-electron chi connectivity index (χ1n) is 6.26. The van der Waals surface area contributed by atoms with Crippen LogP contribution in [0.25, 0.3) is 11.0 Å². The molecule has 20 heavy (non-hydrogen) atoms. The van der Waals surface area contributed by atoms with E-state index in [2.05, 4.69) is 37.4 Å². The maximum absolute atomic E-state index is 6.16. The molecule has 6 heteroatoms. The van der Waals surface area contributed by atoms with Crippen molar-refractivity contribution in [3.8, 4) is 0 Å². The van der Waals surface area contributed by atoms with Crippen LogP contribution in [0.2, 0.25) is 0 Å². The van der Waals surface area contributed by atoms with Crippen molar-refractivity contribution in [2.45, 2.75) is 12.5 Å². The Morgan fingerprint density at radius 1 is 1.35 bits per heavy atom. The summed E-state index contributed by atoms with van der Waals surface area (Å²) in [4.78, 5) is 10.5. The van der Waals surface area contributed by atoms with Gasteiger partial charge in [0.2, 0.25) is 5.96 Å². The Labute approximate surface area is 128 Å². The first-order valence-corrected chi connectivity index (χ1v) is 7.93. The van der Waals surface area contributed by atoms with Gasteiger partial charge in [0.25, 0.3) is 0 Å². The number of nitrogens with two attached hydrogens (primary N) is 1. The maximum Gasteiger partial charge on any atom is 0.202 e. The number of aromatic nitrogens is 2. The molecule has 0 saturated heterocycles. The van der Waals surface area contributed by atoms with Crippen molar-refractivity contribution in [3.63, 3.8) is 0 Å². The molecule has 0 aliphatic carbocycles. The maximum atomic E-state index is 6.16. The van der Waals surface area contributed by atoms with Crippen molar-refractivity contribution in [2.75, 3.05) is 0 Å². The van der Waals surface area contributed by atoms with Gasteiger partial charge in [0, 0.05) is 21.2 Å². The molecule has 1 aliphatic rings. The normalized spacial score (nSPS) is 18.1. The quantitative estimate of drug-likeness (QED) is 0.734. The number of nitrogens with zero attached hydrogens (tertiary/aromatic N) is 3. The van der Waals surface area contributed by atoms with Crippen LogP contribution in [0.3, 0.4) is 0 Å². The minimum Gasteiger partial charge on any atom is -0.369 e. The Morgan fingerprint density at radius 2 is 2.20 bits per heavy atom. The second-order valence-corrected chi connectivity index (χ2v) is 6.59. The lowest BCUT2D eigenvalue weighted by molar-refractivity contribution is 0.665. The molecule has 1 aromatic carbocycles. The molecule has 4 rings (SSSR count). The van der Waals surface area contributed by atoms with E-state index in [1.807, 2.05) is 28.8 Å². The SMILES string of the molecule is NC1=N[C@H](c2cc(Br)cs2)Cc2nc3ccccc3n21. The lowest BCUT2D eigenvalue weighted by Gasteiger charge is -2.19. The molecule has 4 nitrogen and oxygen atoms in total. The van der Waals surface area contributed by atoms with Gasteiger partial charge in [-0.25, -0.2) is 9.98 Å². The summed E-state index contributed by atoms with van der Waals surface area (Å²) >= 11 is 5.18. The smallest absolute Gasteiger partial charge is 0.202 e. The highest BCUT2D eigenvalue weighted by Gasteiger charge is 2.24. The van der Waals surface area contributed by atoms with E-state index in [1.54, 1.807) is 11.3 Å². The average Bonchev–Trinajstić information content (AvgIpc) is 3.01. The van der Waals surface area contributed by atoms with Crippen LogP contribution < -0.4 is 5.73 Å². The Balaban J connectivity index is 1.85. The van der Waals surface area contributed by atoms with Crippen molar-refractivity contribution >= 4 is 44.3 Å². The van der Waals surface area contributed by atoms with Gasteiger partial charge < -0.3 is 5.73 Å². The molecule has 2 aromatic heterocycles. The summed E-state index contributed by atoms with van der Waals surface area (Å²) in [6.45, 7) is 0. The number of rotatable bonds is 1. The molecule has 100 valence electrons. The van der Waals surface area contributed by atoms with Gasteiger partial charge in [-0.2, -0.15) is 0 Å². The molecular formula is C14H11BrN4S. The topological polar surface area (TPSA) is 56.2 Å². The van der Waals surface area contributed by atoms with Gasteiger partial charge in [-0.15, -0.1) is 11.3 Å². The van der Waals surface area contributed by atoms with Crippen molar-refractivity contribution in [3.05, 3.63) is 50.9 Å². The molecule has 0 spiro atoms. The van der Waals surface area contributed by atoms with Gasteiger partial charge in [0.1, 0.15) is 5.82 Å². The fourth-order valence-corrected chi connectivity index (χ4v) is 4.05. The van der Waals surface area contributed by atoms with Gasteiger partial charge in [0.05, 0.1) is 17.1 Å². The van der Waals surface area contributed by atoms with Crippen molar-refractivity contribution < 1.29 is 0 Å². The second kappa shape index (κ2) is 4.43. The average molecular weight is 347 g/mol. The van der Waals surface area contributed by atoms with Crippen LogP contribution in [0.5, 0.6) is 0 Å². The monoisotopic (exact) mass is 346 g/mol. The number of halogens is 1. The van der Waals surface area contributed by atoms with Crippen LogP contribution in [0.4, 0.5) is 0 Å². The highest BCUT2D eigenvalue weighted by Crippen LogP contribution is 2.33. The lowest BCUT2D eigenvalue weighted by atomic mass is 10.1. The van der Waals surface area contributed by atoms with Crippen LogP contribution in [0, 0.1) is 0 Å². The van der Waals surface area contributed by atoms with Gasteiger partial charge in [-0.1, -0.05) is 12.1 Å². The molecule has 0 saturated carbocycles. The predicted molar refractivity (Wildman–Crippen MR) is 85.2 cm³/mol. The standard InChI is InChI=1S/C14H11BrN4S/c15-8-5-12(20-7-8)10-6-13-17-9-3-1-2-4-11(9)19(13)14(16)18-10/h1-5,7,10H,6H2,(H2,16,18)/t10-/m0/s1. The zero-order valence-electron chi connectivity index (χ0n) is 10.5.